The minimum atomic E-state index is -0.356. The van der Waals surface area contributed by atoms with Gasteiger partial charge in [-0.3, -0.25) is 34.1 Å². The number of H-pyrrole nitrogens is 1. The molecule has 5 aromatic heterocycles. The van der Waals surface area contributed by atoms with E-state index in [-0.39, 0.29) is 11.7 Å². The zero-order valence-electron chi connectivity index (χ0n) is 86.8. The van der Waals surface area contributed by atoms with Crippen LogP contribution < -0.4 is 5.73 Å². The van der Waals surface area contributed by atoms with Gasteiger partial charge in [0.1, 0.15) is 5.82 Å². The molecule has 0 fully saturated rings. The fourth-order valence-corrected chi connectivity index (χ4v) is 15.0. The lowest BCUT2D eigenvalue weighted by Gasteiger charge is -2.20. The topological polar surface area (TPSA) is 186 Å². The van der Waals surface area contributed by atoms with Crippen LogP contribution in [0, 0.1) is 96.6 Å². The molecule has 7 aromatic rings. The first-order valence-electron chi connectivity index (χ1n) is 48.1. The molecule has 130 heavy (non-hydrogen) atoms. The number of imidazole rings is 1. The fourth-order valence-electron chi connectivity index (χ4n) is 13.5. The van der Waals surface area contributed by atoms with Crippen molar-refractivity contribution in [3.8, 4) is 0 Å². The van der Waals surface area contributed by atoms with E-state index in [1.165, 1.54) is 97.6 Å². The Morgan fingerprint density at radius 2 is 1.10 bits per heavy atom. The van der Waals surface area contributed by atoms with E-state index in [2.05, 4.69) is 333 Å². The normalized spacial score (nSPS) is 13.5. The van der Waals surface area contributed by atoms with Crippen molar-refractivity contribution in [3.63, 3.8) is 0 Å². The highest BCUT2D eigenvalue weighted by molar-refractivity contribution is 7.09. The van der Waals surface area contributed by atoms with Gasteiger partial charge in [-0.1, -0.05) is 265 Å². The van der Waals surface area contributed by atoms with Crippen molar-refractivity contribution in [2.75, 3.05) is 26.7 Å². The SMILES string of the molecule is C=C1C=CC(CC(C)C)=CN1C.CC(C)CC1=CC=CC1.CC(C)CC1=CCC=N1.CC(C)CC1=CCN=C1.CC(C)CC1=CCN=C1.CC(C)CC1=NCC=C1.CC(C)Cc1cccc(C(N)=O)c1.CC(C)Cc1ccn(C)n1.CC(C)Cc1cnc[nH]1.CC(C)Cc1cnn(C)c1.CC(C)Cc1nccs1.Cc1cc(CC(C)C)ccc1F.Cc1nc(CC(C)C)cs1. The first kappa shape index (κ1) is 119. The zero-order chi connectivity index (χ0) is 97.6. The van der Waals surface area contributed by atoms with Crippen LogP contribution in [0.25, 0.3) is 0 Å². The Balaban J connectivity index is 0.000000705. The highest BCUT2D eigenvalue weighted by Gasteiger charge is 2.11. The van der Waals surface area contributed by atoms with Gasteiger partial charge >= 0.3 is 0 Å². The number of likely N-dealkylation sites (N-methyl/N-ethyl adjacent to an activating group) is 1. The monoisotopic (exact) mass is 1820 g/mol. The Morgan fingerprint density at radius 3 is 1.52 bits per heavy atom. The summed E-state index contributed by atoms with van der Waals surface area (Å²) in [6.45, 7) is 68.0. The van der Waals surface area contributed by atoms with Crippen LogP contribution in [0.3, 0.4) is 0 Å². The van der Waals surface area contributed by atoms with Gasteiger partial charge in [0.2, 0.25) is 5.91 Å². The van der Waals surface area contributed by atoms with E-state index in [1.54, 1.807) is 53.6 Å². The number of rotatable bonds is 27. The Labute approximate surface area is 799 Å². The second-order valence-electron chi connectivity index (χ2n) is 39.9. The van der Waals surface area contributed by atoms with E-state index in [0.29, 0.717) is 29.2 Å². The van der Waals surface area contributed by atoms with Crippen molar-refractivity contribution in [3.05, 3.63) is 265 Å². The molecule has 15 nitrogen and oxygen atoms in total. The number of aliphatic imine (C=N–C) groups is 4. The van der Waals surface area contributed by atoms with Crippen LogP contribution in [0.15, 0.2) is 224 Å². The van der Waals surface area contributed by atoms with Gasteiger partial charge in [-0.15, -0.1) is 22.7 Å². The first-order valence-corrected chi connectivity index (χ1v) is 49.9. The lowest BCUT2D eigenvalue weighted by Crippen LogP contribution is -2.11. The van der Waals surface area contributed by atoms with Gasteiger partial charge in [0.15, 0.2) is 0 Å². The number of aromatic nitrogens is 8. The minimum Gasteiger partial charge on any atom is -0.366 e. The van der Waals surface area contributed by atoms with E-state index in [4.69, 9.17) is 5.73 Å². The Morgan fingerprint density at radius 1 is 0.546 bits per heavy atom. The van der Waals surface area contributed by atoms with Gasteiger partial charge in [-0.25, -0.2) is 19.3 Å². The molecular formula is C112H177FN14OS2. The average Bonchev–Trinajstić information content (AvgIpc) is 1.37. The maximum atomic E-state index is 12.8. The number of nitrogens with zero attached hydrogens (tertiary/aromatic N) is 12. The van der Waals surface area contributed by atoms with Gasteiger partial charge in [-0.2, -0.15) is 10.2 Å². The summed E-state index contributed by atoms with van der Waals surface area (Å²) in [5.41, 5.74) is 23.3. The molecule has 6 aliphatic rings. The lowest BCUT2D eigenvalue weighted by atomic mass is 10.0. The summed E-state index contributed by atoms with van der Waals surface area (Å²) >= 11 is 3.48. The molecule has 5 aliphatic heterocycles. The molecule has 13 rings (SSSR count). The molecule has 1 aliphatic carbocycles. The third-order valence-electron chi connectivity index (χ3n) is 18.9. The summed E-state index contributed by atoms with van der Waals surface area (Å²) < 4.78 is 16.5. The summed E-state index contributed by atoms with van der Waals surface area (Å²) in [6, 6.07) is 14.9. The van der Waals surface area contributed by atoms with Crippen LogP contribution in [-0.2, 0) is 59.0 Å². The second-order valence-corrected chi connectivity index (χ2v) is 41.9. The molecular weight excluding hydrogens is 1640 g/mol. The molecule has 0 saturated heterocycles. The minimum absolute atomic E-state index is 0.109. The standard InChI is InChI=1S/C11H15F.C11H15NO.C11H17N.C9H14.2C8H14N2.C8H13NS.4C8H13N.C7H12N2.C7H11NS/c1-8(2)6-10-4-5-11(12)9(3)7-10;1-8(2)6-9-4-3-5-10(7-9)11(12)13;1-9(2)7-11-6-5-10(3)12(4)8-11;1-8(2)7-9-5-3-4-6-9;1-7(2)4-8-5-9-10(3)6-8;1-7(2)6-8-4-5-10(3)9-8;1-6(2)4-8-5-10-7(3)9-8;2*1-7(2)5-8-3-4-9-6-8;2*1-7(2)6-8-4-3-5-9-8;1-6(2)3-7-4-8-5-9-7;1-6(2)5-7-8-3-4-9-7/h4-5,7-8H,6H2,1-3H3;3-5,7-8H,6H2,1-2H3,(H2,12,13);5-6,8-9H,3,7H2,1-2,4H3;3-5,8H,6-7H2,1-2H3;5-7H,4H2,1-3H3;4-5,7H,6H2,1-3H3;5-6H,4H2,1-3H3;2*3,6-7H,4-5H2,1-2H3;4-5,7H,3,6H2,1-2H3;3-4,7H,5-6H2,1-2H3;4-6H,3H2,1-2H3,(H,8,9);3-4,6H,5H2,1-2H3. The van der Waals surface area contributed by atoms with Crippen LogP contribution in [0.2, 0.25) is 0 Å². The Hall–Kier alpha value is -9.13. The molecule has 0 unspecified atom stereocenters. The molecule has 1 amide bonds. The van der Waals surface area contributed by atoms with Gasteiger partial charge in [0.05, 0.1) is 53.6 Å². The number of aryl methyl sites for hydroxylation is 4. The predicted octanol–water partition coefficient (Wildman–Crippen LogP) is 29.5. The number of nitrogens with two attached hydrogens (primary N) is 1. The largest absolute Gasteiger partial charge is 0.366 e. The predicted molar refractivity (Wildman–Crippen MR) is 568 cm³/mol. The quantitative estimate of drug-likeness (QED) is 0.0513. The summed E-state index contributed by atoms with van der Waals surface area (Å²) in [5.74, 6) is 8.92. The van der Waals surface area contributed by atoms with E-state index < -0.39 is 0 Å². The average molecular weight is 1820 g/mol. The van der Waals surface area contributed by atoms with E-state index >= 15 is 0 Å². The lowest BCUT2D eigenvalue weighted by molar-refractivity contribution is 0.1000. The molecule has 10 heterocycles. The molecule has 720 valence electrons. The van der Waals surface area contributed by atoms with Gasteiger partial charge in [0.25, 0.3) is 0 Å². The van der Waals surface area contributed by atoms with Crippen molar-refractivity contribution < 1.29 is 9.18 Å². The van der Waals surface area contributed by atoms with Crippen LogP contribution >= 0.6 is 22.7 Å². The number of thiazole rings is 2. The third-order valence-corrected chi connectivity index (χ3v) is 20.5. The number of halogens is 1. The van der Waals surface area contributed by atoms with Crippen molar-refractivity contribution in [2.45, 2.75) is 290 Å². The highest BCUT2D eigenvalue weighted by Crippen LogP contribution is 2.23. The van der Waals surface area contributed by atoms with Crippen LogP contribution in [0.5, 0.6) is 0 Å². The number of primary amides is 1. The summed E-state index contributed by atoms with van der Waals surface area (Å²) in [5, 5.41) is 15.0. The van der Waals surface area contributed by atoms with Crippen molar-refractivity contribution >= 4 is 52.9 Å². The fraction of sp³-hybridized carbons (Fsp3) is 0.554. The molecule has 18 heteroatoms. The summed E-state index contributed by atoms with van der Waals surface area (Å²) in [6.07, 6.45) is 58.0. The second kappa shape index (κ2) is 69.7. The number of carbonyl (C=O) groups excluding carboxylic acids is 1. The van der Waals surface area contributed by atoms with Gasteiger partial charge < -0.3 is 15.6 Å². The van der Waals surface area contributed by atoms with Crippen molar-refractivity contribution in [2.24, 2.45) is 117 Å². The van der Waals surface area contributed by atoms with Gasteiger partial charge in [0, 0.05) is 123 Å². The maximum Gasteiger partial charge on any atom is 0.248 e. The van der Waals surface area contributed by atoms with Crippen LogP contribution in [-0.4, -0.2) is 101 Å². The summed E-state index contributed by atoms with van der Waals surface area (Å²) in [7, 11) is 5.93. The first-order chi connectivity index (χ1) is 61.3. The Bertz CT molecular complexity index is 4250. The van der Waals surface area contributed by atoms with E-state index in [0.717, 1.165) is 155 Å². The Kier molecular flexibility index (Phi) is 63.8. The number of nitrogens with one attached hydrogen (secondary N) is 1. The number of amides is 1. The van der Waals surface area contributed by atoms with Crippen LogP contribution in [0.1, 0.15) is 291 Å². The van der Waals surface area contributed by atoms with Crippen molar-refractivity contribution in [1.82, 2.24) is 44.4 Å². The van der Waals surface area contributed by atoms with Crippen LogP contribution in [0.4, 0.5) is 4.39 Å². The summed E-state index contributed by atoms with van der Waals surface area (Å²) in [4.78, 5) is 45.1. The number of allylic oxidation sites excluding steroid dienone is 12. The zero-order valence-corrected chi connectivity index (χ0v) is 88.4. The third kappa shape index (κ3) is 65.4. The highest BCUT2D eigenvalue weighted by atomic mass is 32.1. The number of carbonyl (C=O) groups is 1. The molecule has 3 N–H and O–H groups in total. The number of aromatic amines is 1. The van der Waals surface area contributed by atoms with E-state index in [1.807, 2.05) is 110 Å². The van der Waals surface area contributed by atoms with E-state index in [9.17, 15) is 9.18 Å². The molecule has 0 radical (unpaired) electrons. The molecule has 2 aromatic carbocycles. The molecule has 0 spiro atoms. The maximum absolute atomic E-state index is 12.8. The molecule has 0 bridgehead atoms. The smallest absolute Gasteiger partial charge is 0.248 e. The number of benzene rings is 2. The van der Waals surface area contributed by atoms with Crippen molar-refractivity contribution in [1.29, 1.82) is 0 Å². The number of hydrogen-bond donors (Lipinski definition) is 2. The van der Waals surface area contributed by atoms with Gasteiger partial charge in [-0.05, 0) is 250 Å². The number of hydrogen-bond acceptors (Lipinski definition) is 13. The molecule has 0 saturated carbocycles. The molecule has 0 atom stereocenters.